The molecule has 2 nitrogen and oxygen atoms in total. The second kappa shape index (κ2) is 4.43. The second-order valence-electron chi connectivity index (χ2n) is 4.62. The Morgan fingerprint density at radius 3 is 2.31 bits per heavy atom. The molecule has 0 saturated heterocycles. The highest BCUT2D eigenvalue weighted by Gasteiger charge is 2.32. The van der Waals surface area contributed by atoms with E-state index in [0.29, 0.717) is 6.61 Å². The lowest BCUT2D eigenvalue weighted by molar-refractivity contribution is 0.0834. The molecule has 0 aliphatic heterocycles. The summed E-state index contributed by atoms with van der Waals surface area (Å²) in [5.74, 6) is 0. The minimum atomic E-state index is 0.110. The normalized spacial score (nSPS) is 21.9. The summed E-state index contributed by atoms with van der Waals surface area (Å²) in [6.07, 6.45) is 3.78. The fourth-order valence-electron chi connectivity index (χ4n) is 1.70. The van der Waals surface area contributed by atoms with Crippen LogP contribution in [-0.4, -0.2) is 35.7 Å². The van der Waals surface area contributed by atoms with Gasteiger partial charge in [-0.15, -0.1) is 0 Å². The summed E-state index contributed by atoms with van der Waals surface area (Å²) >= 11 is 0. The molecule has 0 aromatic carbocycles. The van der Waals surface area contributed by atoms with Crippen molar-refractivity contribution in [2.24, 2.45) is 5.41 Å². The summed E-state index contributed by atoms with van der Waals surface area (Å²) in [5.41, 5.74) is 0.110. The third-order valence-corrected chi connectivity index (χ3v) is 3.29. The van der Waals surface area contributed by atoms with Gasteiger partial charge >= 0.3 is 0 Å². The molecule has 0 bridgehead atoms. The standard InChI is InChI=1S/C11H23NO/c1-4-11(3,9-13)8-12(5-2)10-6-7-10/h10,13H,4-9H2,1-3H3. The van der Waals surface area contributed by atoms with Crippen molar-refractivity contribution in [2.45, 2.75) is 46.1 Å². The maximum absolute atomic E-state index is 9.31. The average Bonchev–Trinajstić information content (AvgIpc) is 2.97. The molecule has 1 rings (SSSR count). The highest BCUT2D eigenvalue weighted by atomic mass is 16.3. The summed E-state index contributed by atoms with van der Waals surface area (Å²) in [7, 11) is 0. The monoisotopic (exact) mass is 185 g/mol. The molecule has 0 radical (unpaired) electrons. The topological polar surface area (TPSA) is 23.5 Å². The molecule has 1 atom stereocenters. The van der Waals surface area contributed by atoms with E-state index in [-0.39, 0.29) is 5.41 Å². The van der Waals surface area contributed by atoms with E-state index < -0.39 is 0 Å². The molecular weight excluding hydrogens is 162 g/mol. The van der Waals surface area contributed by atoms with Gasteiger partial charge in [0.1, 0.15) is 0 Å². The highest BCUT2D eigenvalue weighted by Crippen LogP contribution is 2.31. The van der Waals surface area contributed by atoms with Gasteiger partial charge < -0.3 is 10.0 Å². The van der Waals surface area contributed by atoms with Crippen LogP contribution in [0.5, 0.6) is 0 Å². The third kappa shape index (κ3) is 2.96. The van der Waals surface area contributed by atoms with E-state index in [9.17, 15) is 5.11 Å². The van der Waals surface area contributed by atoms with Crippen LogP contribution in [0.1, 0.15) is 40.0 Å². The molecule has 0 amide bonds. The van der Waals surface area contributed by atoms with Crippen LogP contribution in [0.2, 0.25) is 0 Å². The maximum Gasteiger partial charge on any atom is 0.0496 e. The summed E-state index contributed by atoms with van der Waals surface area (Å²) in [6.45, 7) is 9.05. The van der Waals surface area contributed by atoms with Crippen LogP contribution in [0.3, 0.4) is 0 Å². The van der Waals surface area contributed by atoms with Gasteiger partial charge in [0.25, 0.3) is 0 Å². The first-order chi connectivity index (χ1) is 6.15. The lowest BCUT2D eigenvalue weighted by Gasteiger charge is -2.32. The van der Waals surface area contributed by atoms with Gasteiger partial charge in [-0.2, -0.15) is 0 Å². The van der Waals surface area contributed by atoms with Crippen molar-refractivity contribution in [3.05, 3.63) is 0 Å². The molecule has 1 unspecified atom stereocenters. The van der Waals surface area contributed by atoms with E-state index in [4.69, 9.17) is 0 Å². The molecule has 1 fully saturated rings. The van der Waals surface area contributed by atoms with Crippen molar-refractivity contribution < 1.29 is 5.11 Å². The molecule has 1 saturated carbocycles. The zero-order valence-corrected chi connectivity index (χ0v) is 9.21. The molecule has 78 valence electrons. The Labute approximate surface area is 81.9 Å². The van der Waals surface area contributed by atoms with E-state index in [1.807, 2.05) is 0 Å². The van der Waals surface area contributed by atoms with Gasteiger partial charge in [-0.25, -0.2) is 0 Å². The van der Waals surface area contributed by atoms with Crippen LogP contribution in [0.25, 0.3) is 0 Å². The van der Waals surface area contributed by atoms with Crippen LogP contribution in [0, 0.1) is 5.41 Å². The van der Waals surface area contributed by atoms with Gasteiger partial charge in [0, 0.05) is 24.6 Å². The zero-order chi connectivity index (χ0) is 9.90. The van der Waals surface area contributed by atoms with E-state index in [1.165, 1.54) is 12.8 Å². The van der Waals surface area contributed by atoms with Crippen molar-refractivity contribution in [1.29, 1.82) is 0 Å². The van der Waals surface area contributed by atoms with Gasteiger partial charge in [0.15, 0.2) is 0 Å². The Hall–Kier alpha value is -0.0800. The molecule has 0 spiro atoms. The fraction of sp³-hybridized carbons (Fsp3) is 1.00. The van der Waals surface area contributed by atoms with Crippen LogP contribution < -0.4 is 0 Å². The van der Waals surface area contributed by atoms with Gasteiger partial charge in [-0.05, 0) is 25.8 Å². The van der Waals surface area contributed by atoms with Crippen molar-refractivity contribution in [1.82, 2.24) is 4.90 Å². The molecule has 0 heterocycles. The smallest absolute Gasteiger partial charge is 0.0496 e. The number of rotatable bonds is 6. The Morgan fingerprint density at radius 2 is 2.00 bits per heavy atom. The number of aliphatic hydroxyl groups is 1. The van der Waals surface area contributed by atoms with Crippen LogP contribution in [0.15, 0.2) is 0 Å². The van der Waals surface area contributed by atoms with Crippen molar-refractivity contribution in [3.63, 3.8) is 0 Å². The minimum Gasteiger partial charge on any atom is -0.396 e. The molecule has 1 N–H and O–H groups in total. The van der Waals surface area contributed by atoms with Gasteiger partial charge in [0.05, 0.1) is 0 Å². The zero-order valence-electron chi connectivity index (χ0n) is 9.21. The highest BCUT2D eigenvalue weighted by molar-refractivity contribution is 4.87. The Balaban J connectivity index is 2.42. The van der Waals surface area contributed by atoms with Crippen molar-refractivity contribution in [2.75, 3.05) is 19.7 Å². The lowest BCUT2D eigenvalue weighted by atomic mass is 9.88. The molecule has 2 heteroatoms. The number of aliphatic hydroxyl groups excluding tert-OH is 1. The first kappa shape index (κ1) is 11.0. The second-order valence-corrected chi connectivity index (χ2v) is 4.62. The summed E-state index contributed by atoms with van der Waals surface area (Å²) < 4.78 is 0. The van der Waals surface area contributed by atoms with Crippen LogP contribution >= 0.6 is 0 Å². The van der Waals surface area contributed by atoms with Crippen LogP contribution in [-0.2, 0) is 0 Å². The summed E-state index contributed by atoms with van der Waals surface area (Å²) in [5, 5.41) is 9.31. The van der Waals surface area contributed by atoms with E-state index in [2.05, 4.69) is 25.7 Å². The fourth-order valence-corrected chi connectivity index (χ4v) is 1.70. The van der Waals surface area contributed by atoms with Crippen LogP contribution in [0.4, 0.5) is 0 Å². The predicted octanol–water partition coefficient (Wildman–Crippen LogP) is 1.88. The van der Waals surface area contributed by atoms with E-state index in [1.54, 1.807) is 0 Å². The molecule has 0 aromatic rings. The molecule has 1 aliphatic carbocycles. The quantitative estimate of drug-likeness (QED) is 0.683. The Bertz CT molecular complexity index is 150. The van der Waals surface area contributed by atoms with Gasteiger partial charge in [-0.3, -0.25) is 0 Å². The number of hydrogen-bond acceptors (Lipinski definition) is 2. The SMILES string of the molecule is CCN(CC(C)(CC)CO)C1CC1. The molecular formula is C11H23NO. The van der Waals surface area contributed by atoms with E-state index in [0.717, 1.165) is 25.6 Å². The summed E-state index contributed by atoms with van der Waals surface area (Å²) in [4.78, 5) is 2.51. The Morgan fingerprint density at radius 1 is 1.38 bits per heavy atom. The lowest BCUT2D eigenvalue weighted by Crippen LogP contribution is -2.39. The first-order valence-electron chi connectivity index (χ1n) is 5.50. The number of hydrogen-bond donors (Lipinski definition) is 1. The van der Waals surface area contributed by atoms with Gasteiger partial charge in [-0.1, -0.05) is 20.8 Å². The first-order valence-corrected chi connectivity index (χ1v) is 5.50. The van der Waals surface area contributed by atoms with Gasteiger partial charge in [0.2, 0.25) is 0 Å². The predicted molar refractivity (Wildman–Crippen MR) is 55.8 cm³/mol. The van der Waals surface area contributed by atoms with Crippen molar-refractivity contribution >= 4 is 0 Å². The minimum absolute atomic E-state index is 0.110. The number of nitrogens with zero attached hydrogens (tertiary/aromatic N) is 1. The Kier molecular flexibility index (Phi) is 3.74. The molecule has 13 heavy (non-hydrogen) atoms. The summed E-state index contributed by atoms with van der Waals surface area (Å²) in [6, 6.07) is 0.822. The van der Waals surface area contributed by atoms with E-state index >= 15 is 0 Å². The van der Waals surface area contributed by atoms with Crippen molar-refractivity contribution in [3.8, 4) is 0 Å². The molecule has 1 aliphatic rings. The molecule has 0 aromatic heterocycles. The maximum atomic E-state index is 9.31. The third-order valence-electron chi connectivity index (χ3n) is 3.29. The average molecular weight is 185 g/mol. The largest absolute Gasteiger partial charge is 0.396 e.